The van der Waals surface area contributed by atoms with E-state index < -0.39 is 11.9 Å². The standard InChI is InChI=1S/C18H16Br2O4/c1-3-23-17(21)13-7-5-11(19)9-15(13)16-10-12(20)6-8-14(16)18(22)24-4-2/h5-10H,3-4H2,1-2H3. The van der Waals surface area contributed by atoms with E-state index in [-0.39, 0.29) is 13.2 Å². The molecule has 0 amide bonds. The third kappa shape index (κ3) is 4.24. The smallest absolute Gasteiger partial charge is 0.338 e. The monoisotopic (exact) mass is 454 g/mol. The van der Waals surface area contributed by atoms with Gasteiger partial charge in [0.25, 0.3) is 0 Å². The summed E-state index contributed by atoms with van der Waals surface area (Å²) in [4.78, 5) is 24.6. The van der Waals surface area contributed by atoms with Crippen LogP contribution in [0.3, 0.4) is 0 Å². The first-order valence-corrected chi connectivity index (χ1v) is 9.00. The molecule has 4 nitrogen and oxygen atoms in total. The Morgan fingerprint density at radius 1 is 0.792 bits per heavy atom. The average Bonchev–Trinajstić information content (AvgIpc) is 2.55. The number of carbonyl (C=O) groups is 2. The van der Waals surface area contributed by atoms with Crippen molar-refractivity contribution in [1.82, 2.24) is 0 Å². The zero-order valence-electron chi connectivity index (χ0n) is 13.3. The molecule has 0 aliphatic heterocycles. The van der Waals surface area contributed by atoms with Crippen molar-refractivity contribution >= 4 is 43.8 Å². The van der Waals surface area contributed by atoms with E-state index in [4.69, 9.17) is 9.47 Å². The van der Waals surface area contributed by atoms with Crippen LogP contribution in [0.2, 0.25) is 0 Å². The van der Waals surface area contributed by atoms with Crippen molar-refractivity contribution in [3.63, 3.8) is 0 Å². The molecule has 0 bridgehead atoms. The lowest BCUT2D eigenvalue weighted by Crippen LogP contribution is -2.10. The predicted molar refractivity (Wildman–Crippen MR) is 99.2 cm³/mol. The van der Waals surface area contributed by atoms with E-state index in [1.54, 1.807) is 50.2 Å². The quantitative estimate of drug-likeness (QED) is 0.579. The first-order valence-electron chi connectivity index (χ1n) is 7.41. The minimum atomic E-state index is -0.435. The van der Waals surface area contributed by atoms with Crippen LogP contribution in [0.1, 0.15) is 34.6 Å². The number of halogens is 2. The van der Waals surface area contributed by atoms with Crippen molar-refractivity contribution < 1.29 is 19.1 Å². The molecule has 0 heterocycles. The summed E-state index contributed by atoms with van der Waals surface area (Å²) in [6.07, 6.45) is 0. The van der Waals surface area contributed by atoms with Gasteiger partial charge in [0.2, 0.25) is 0 Å². The average molecular weight is 456 g/mol. The normalized spacial score (nSPS) is 10.3. The zero-order valence-corrected chi connectivity index (χ0v) is 16.4. The van der Waals surface area contributed by atoms with Crippen LogP contribution in [0.4, 0.5) is 0 Å². The number of esters is 2. The molecule has 0 aliphatic carbocycles. The lowest BCUT2D eigenvalue weighted by molar-refractivity contribution is 0.0515. The van der Waals surface area contributed by atoms with Crippen molar-refractivity contribution in [2.75, 3.05) is 13.2 Å². The summed E-state index contributed by atoms with van der Waals surface area (Å²) in [6.45, 7) is 4.05. The van der Waals surface area contributed by atoms with Crippen LogP contribution >= 0.6 is 31.9 Å². The van der Waals surface area contributed by atoms with Crippen LogP contribution in [0, 0.1) is 0 Å². The summed E-state index contributed by atoms with van der Waals surface area (Å²) in [5.41, 5.74) is 1.99. The van der Waals surface area contributed by atoms with E-state index in [0.717, 1.165) is 8.95 Å². The Labute approximate surface area is 157 Å². The van der Waals surface area contributed by atoms with Gasteiger partial charge in [-0.2, -0.15) is 0 Å². The van der Waals surface area contributed by atoms with E-state index >= 15 is 0 Å². The van der Waals surface area contributed by atoms with Gasteiger partial charge in [0.15, 0.2) is 0 Å². The fraction of sp³-hybridized carbons (Fsp3) is 0.222. The third-order valence-corrected chi connectivity index (χ3v) is 4.23. The summed E-state index contributed by atoms with van der Waals surface area (Å²) in [5.74, 6) is -0.871. The second-order valence-electron chi connectivity index (χ2n) is 4.82. The molecule has 24 heavy (non-hydrogen) atoms. The molecular weight excluding hydrogens is 440 g/mol. The Bertz CT molecular complexity index is 706. The molecule has 0 N–H and O–H groups in total. The van der Waals surface area contributed by atoms with Crippen LogP contribution in [0.25, 0.3) is 11.1 Å². The van der Waals surface area contributed by atoms with E-state index in [9.17, 15) is 9.59 Å². The van der Waals surface area contributed by atoms with Gasteiger partial charge < -0.3 is 9.47 Å². The summed E-state index contributed by atoms with van der Waals surface area (Å²) in [7, 11) is 0. The lowest BCUT2D eigenvalue weighted by atomic mass is 9.95. The molecule has 0 spiro atoms. The van der Waals surface area contributed by atoms with Gasteiger partial charge in [-0.15, -0.1) is 0 Å². The highest BCUT2D eigenvalue weighted by atomic mass is 79.9. The SMILES string of the molecule is CCOC(=O)c1ccc(Br)cc1-c1cc(Br)ccc1C(=O)OCC. The summed E-state index contributed by atoms with van der Waals surface area (Å²) < 4.78 is 11.8. The number of ether oxygens (including phenoxy) is 2. The predicted octanol–water partition coefficient (Wildman–Crippen LogP) is 5.23. The molecule has 0 unspecified atom stereocenters. The fourth-order valence-electron chi connectivity index (χ4n) is 2.25. The van der Waals surface area contributed by atoms with E-state index in [1.165, 1.54) is 0 Å². The Kier molecular flexibility index (Phi) is 6.57. The van der Waals surface area contributed by atoms with Gasteiger partial charge in [0.1, 0.15) is 0 Å². The molecule has 2 aromatic rings. The second-order valence-corrected chi connectivity index (χ2v) is 6.65. The molecule has 0 aromatic heterocycles. The summed E-state index contributed by atoms with van der Waals surface area (Å²) >= 11 is 6.83. The lowest BCUT2D eigenvalue weighted by Gasteiger charge is -2.14. The topological polar surface area (TPSA) is 52.6 Å². The van der Waals surface area contributed by atoms with Crippen LogP contribution in [0.15, 0.2) is 45.3 Å². The number of carbonyl (C=O) groups excluding carboxylic acids is 2. The highest BCUT2D eigenvalue weighted by Gasteiger charge is 2.20. The van der Waals surface area contributed by atoms with Crippen LogP contribution in [0.5, 0.6) is 0 Å². The number of hydrogen-bond acceptors (Lipinski definition) is 4. The molecule has 0 fully saturated rings. The Morgan fingerprint density at radius 3 is 1.50 bits per heavy atom. The molecule has 2 rings (SSSR count). The van der Waals surface area contributed by atoms with Gasteiger partial charge in [-0.3, -0.25) is 0 Å². The maximum absolute atomic E-state index is 12.3. The number of benzene rings is 2. The summed E-state index contributed by atoms with van der Waals surface area (Å²) in [5, 5.41) is 0. The highest BCUT2D eigenvalue weighted by molar-refractivity contribution is 9.10. The van der Waals surface area contributed by atoms with Crippen LogP contribution in [-0.2, 0) is 9.47 Å². The maximum Gasteiger partial charge on any atom is 0.338 e. The third-order valence-electron chi connectivity index (χ3n) is 3.24. The Morgan fingerprint density at radius 2 is 1.17 bits per heavy atom. The van der Waals surface area contributed by atoms with Gasteiger partial charge in [-0.05, 0) is 61.4 Å². The summed E-state index contributed by atoms with van der Waals surface area (Å²) in [6, 6.07) is 10.4. The van der Waals surface area contributed by atoms with E-state index in [0.29, 0.717) is 22.3 Å². The fourth-order valence-corrected chi connectivity index (χ4v) is 2.97. The molecule has 0 atom stereocenters. The van der Waals surface area contributed by atoms with Gasteiger partial charge in [-0.25, -0.2) is 9.59 Å². The van der Waals surface area contributed by atoms with Gasteiger partial charge in [0.05, 0.1) is 24.3 Å². The van der Waals surface area contributed by atoms with Crippen molar-refractivity contribution in [3.05, 3.63) is 56.5 Å². The van der Waals surface area contributed by atoms with Crippen molar-refractivity contribution in [1.29, 1.82) is 0 Å². The first kappa shape index (κ1) is 18.7. The Hall–Kier alpha value is -1.66. The van der Waals surface area contributed by atoms with E-state index in [1.807, 2.05) is 0 Å². The zero-order chi connectivity index (χ0) is 17.7. The van der Waals surface area contributed by atoms with Gasteiger partial charge >= 0.3 is 11.9 Å². The van der Waals surface area contributed by atoms with Crippen LogP contribution < -0.4 is 0 Å². The largest absolute Gasteiger partial charge is 0.462 e. The van der Waals surface area contributed by atoms with Crippen molar-refractivity contribution in [2.45, 2.75) is 13.8 Å². The first-order chi connectivity index (χ1) is 11.5. The molecule has 2 aromatic carbocycles. The minimum Gasteiger partial charge on any atom is -0.462 e. The van der Waals surface area contributed by atoms with E-state index in [2.05, 4.69) is 31.9 Å². The molecule has 0 saturated carbocycles. The molecule has 0 aliphatic rings. The van der Waals surface area contributed by atoms with Gasteiger partial charge in [-0.1, -0.05) is 31.9 Å². The molecule has 0 saturated heterocycles. The second kappa shape index (κ2) is 8.44. The van der Waals surface area contributed by atoms with Gasteiger partial charge in [0, 0.05) is 8.95 Å². The molecule has 126 valence electrons. The Balaban J connectivity index is 2.67. The molecular formula is C18H16Br2O4. The molecule has 6 heteroatoms. The number of hydrogen-bond donors (Lipinski definition) is 0. The van der Waals surface area contributed by atoms with Crippen molar-refractivity contribution in [3.8, 4) is 11.1 Å². The number of rotatable bonds is 5. The minimum absolute atomic E-state index is 0.275. The maximum atomic E-state index is 12.3. The molecule has 0 radical (unpaired) electrons. The highest BCUT2D eigenvalue weighted by Crippen LogP contribution is 2.33. The van der Waals surface area contributed by atoms with Crippen molar-refractivity contribution in [2.24, 2.45) is 0 Å². The van der Waals surface area contributed by atoms with Crippen LogP contribution in [-0.4, -0.2) is 25.2 Å².